The van der Waals surface area contributed by atoms with Gasteiger partial charge in [-0.05, 0) is 103 Å². The van der Waals surface area contributed by atoms with Crippen LogP contribution in [0.3, 0.4) is 0 Å². The van der Waals surface area contributed by atoms with Crippen LogP contribution in [0.15, 0.2) is 6.07 Å². The highest BCUT2D eigenvalue weighted by Crippen LogP contribution is 2.35. The van der Waals surface area contributed by atoms with Crippen LogP contribution in [0.5, 0.6) is 5.75 Å². The molecular formula is C10H8I4O3. The Kier molecular flexibility index (Phi) is 7.03. The Morgan fingerprint density at radius 1 is 1.29 bits per heavy atom. The molecule has 1 aromatic carbocycles. The van der Waals surface area contributed by atoms with Crippen LogP contribution >= 0.6 is 90.4 Å². The van der Waals surface area contributed by atoms with Crippen LogP contribution in [0.25, 0.3) is 0 Å². The van der Waals surface area contributed by atoms with Crippen molar-refractivity contribution in [1.82, 2.24) is 0 Å². The van der Waals surface area contributed by atoms with E-state index in [-0.39, 0.29) is 0 Å². The smallest absolute Gasteiger partial charge is 0.344 e. The minimum Gasteiger partial charge on any atom is -0.479 e. The fourth-order valence-electron chi connectivity index (χ4n) is 1.11. The lowest BCUT2D eigenvalue weighted by Crippen LogP contribution is -2.26. The molecule has 0 bridgehead atoms. The molecule has 1 N–H and O–H groups in total. The number of benzene rings is 1. The summed E-state index contributed by atoms with van der Waals surface area (Å²) in [6.07, 6.45) is -0.338. The normalized spacial score (nSPS) is 12.3. The van der Waals surface area contributed by atoms with Gasteiger partial charge in [-0.15, -0.1) is 0 Å². The Morgan fingerprint density at radius 2 is 1.76 bits per heavy atom. The molecule has 0 spiro atoms. The molecule has 0 aliphatic rings. The molecule has 0 radical (unpaired) electrons. The SMILES string of the molecule is CCC(Oc1c(I)c(I)cc(I)c1I)C(=O)O. The Hall–Kier alpha value is 1.41. The standard InChI is InChI=1S/C10H8I4O3/c1-2-6(10(15)16)17-9-7(13)4(11)3-5(12)8(9)14/h3,6H,2H2,1H3,(H,15,16). The lowest BCUT2D eigenvalue weighted by molar-refractivity contribution is -0.145. The van der Waals surface area contributed by atoms with Crippen LogP contribution in [0, 0.1) is 14.3 Å². The van der Waals surface area contributed by atoms with Gasteiger partial charge in [0.25, 0.3) is 0 Å². The number of carboxylic acid groups (broad SMARTS) is 1. The number of ether oxygens (including phenoxy) is 1. The summed E-state index contributed by atoms with van der Waals surface area (Å²) in [5, 5.41) is 9.02. The molecular weight excluding hydrogens is 676 g/mol. The highest BCUT2D eigenvalue weighted by Gasteiger charge is 2.22. The maximum Gasteiger partial charge on any atom is 0.344 e. The molecule has 94 valence electrons. The summed E-state index contributed by atoms with van der Waals surface area (Å²) in [5.41, 5.74) is 0. The van der Waals surface area contributed by atoms with Crippen molar-refractivity contribution in [2.45, 2.75) is 19.4 Å². The van der Waals surface area contributed by atoms with Gasteiger partial charge >= 0.3 is 5.97 Å². The molecule has 0 aromatic heterocycles. The first kappa shape index (κ1) is 16.5. The predicted octanol–water partition coefficient (Wildman–Crippen LogP) is 4.35. The quantitative estimate of drug-likeness (QED) is 0.380. The molecule has 0 amide bonds. The first-order valence-corrected chi connectivity index (χ1v) is 8.92. The van der Waals surface area contributed by atoms with Crippen molar-refractivity contribution >= 4 is 96.3 Å². The van der Waals surface area contributed by atoms with Gasteiger partial charge in [0.05, 0.1) is 7.14 Å². The van der Waals surface area contributed by atoms with E-state index in [9.17, 15) is 4.79 Å². The van der Waals surface area contributed by atoms with Gasteiger partial charge < -0.3 is 9.84 Å². The van der Waals surface area contributed by atoms with Gasteiger partial charge in [0, 0.05) is 7.14 Å². The van der Waals surface area contributed by atoms with Gasteiger partial charge in [-0.2, -0.15) is 0 Å². The van der Waals surface area contributed by atoms with Crippen molar-refractivity contribution in [2.24, 2.45) is 0 Å². The lowest BCUT2D eigenvalue weighted by atomic mass is 10.3. The van der Waals surface area contributed by atoms with E-state index >= 15 is 0 Å². The van der Waals surface area contributed by atoms with Crippen LogP contribution in [-0.2, 0) is 4.79 Å². The van der Waals surface area contributed by atoms with Crippen LogP contribution in [0.1, 0.15) is 13.3 Å². The van der Waals surface area contributed by atoms with E-state index in [0.717, 1.165) is 14.3 Å². The highest BCUT2D eigenvalue weighted by molar-refractivity contribution is 14.1. The van der Waals surface area contributed by atoms with Crippen LogP contribution in [0.2, 0.25) is 0 Å². The monoisotopic (exact) mass is 684 g/mol. The van der Waals surface area contributed by atoms with Crippen molar-refractivity contribution < 1.29 is 14.6 Å². The number of hydrogen-bond acceptors (Lipinski definition) is 2. The third kappa shape index (κ3) is 4.19. The Labute approximate surface area is 154 Å². The average molecular weight is 684 g/mol. The van der Waals surface area contributed by atoms with E-state index in [1.54, 1.807) is 6.92 Å². The molecule has 0 saturated carbocycles. The second-order valence-corrected chi connectivity index (χ2v) is 7.63. The van der Waals surface area contributed by atoms with Crippen molar-refractivity contribution in [2.75, 3.05) is 0 Å². The minimum absolute atomic E-state index is 0.448. The third-order valence-corrected chi connectivity index (χ3v) is 7.89. The highest BCUT2D eigenvalue weighted by atomic mass is 127. The number of hydrogen-bond donors (Lipinski definition) is 1. The fraction of sp³-hybridized carbons (Fsp3) is 0.300. The molecule has 17 heavy (non-hydrogen) atoms. The summed E-state index contributed by atoms with van der Waals surface area (Å²) in [6.45, 7) is 1.80. The zero-order chi connectivity index (χ0) is 13.2. The van der Waals surface area contributed by atoms with E-state index < -0.39 is 12.1 Å². The number of carboxylic acids is 1. The van der Waals surface area contributed by atoms with Crippen molar-refractivity contribution in [1.29, 1.82) is 0 Å². The van der Waals surface area contributed by atoms with Gasteiger partial charge in [0.2, 0.25) is 0 Å². The van der Waals surface area contributed by atoms with Gasteiger partial charge in [-0.1, -0.05) is 6.92 Å². The molecule has 1 aromatic rings. The molecule has 0 fully saturated rings. The zero-order valence-electron chi connectivity index (χ0n) is 8.64. The summed E-state index contributed by atoms with van der Waals surface area (Å²) < 4.78 is 9.70. The molecule has 0 heterocycles. The summed E-state index contributed by atoms with van der Waals surface area (Å²) >= 11 is 8.82. The van der Waals surface area contributed by atoms with Gasteiger partial charge in [0.15, 0.2) is 6.10 Å². The third-order valence-electron chi connectivity index (χ3n) is 1.98. The van der Waals surface area contributed by atoms with E-state index in [2.05, 4.69) is 96.4 Å². The molecule has 0 saturated heterocycles. The number of halogens is 4. The summed E-state index contributed by atoms with van der Waals surface area (Å²) in [6, 6.07) is 2.05. The number of carbonyl (C=O) groups is 1. The second kappa shape index (κ2) is 7.26. The van der Waals surface area contributed by atoms with Gasteiger partial charge in [-0.25, -0.2) is 4.79 Å². The largest absolute Gasteiger partial charge is 0.479 e. The van der Waals surface area contributed by atoms with E-state index in [1.165, 1.54) is 0 Å². The molecule has 1 rings (SSSR count). The molecule has 1 unspecified atom stereocenters. The average Bonchev–Trinajstić information content (AvgIpc) is 2.26. The van der Waals surface area contributed by atoms with Crippen molar-refractivity contribution in [3.05, 3.63) is 20.3 Å². The number of rotatable bonds is 4. The number of aliphatic carboxylic acids is 1. The van der Waals surface area contributed by atoms with E-state index in [0.29, 0.717) is 12.2 Å². The Morgan fingerprint density at radius 3 is 2.12 bits per heavy atom. The zero-order valence-corrected chi connectivity index (χ0v) is 17.3. The van der Waals surface area contributed by atoms with Crippen LogP contribution in [-0.4, -0.2) is 17.2 Å². The van der Waals surface area contributed by atoms with E-state index in [4.69, 9.17) is 9.84 Å². The predicted molar refractivity (Wildman–Crippen MR) is 99.7 cm³/mol. The summed E-state index contributed by atoms with van der Waals surface area (Å²) in [7, 11) is 0. The molecule has 1 atom stereocenters. The Bertz CT molecular complexity index is 421. The second-order valence-electron chi connectivity index (χ2n) is 3.15. The Balaban J connectivity index is 3.17. The maximum atomic E-state index is 11.0. The maximum absolute atomic E-state index is 11.0. The van der Waals surface area contributed by atoms with Gasteiger partial charge in [-0.3, -0.25) is 0 Å². The van der Waals surface area contributed by atoms with Gasteiger partial charge in [0.1, 0.15) is 5.75 Å². The summed E-state index contributed by atoms with van der Waals surface area (Å²) in [5.74, 6) is -0.246. The summed E-state index contributed by atoms with van der Waals surface area (Å²) in [4.78, 5) is 11.0. The molecule has 3 nitrogen and oxygen atoms in total. The van der Waals surface area contributed by atoms with Crippen molar-refractivity contribution in [3.63, 3.8) is 0 Å². The van der Waals surface area contributed by atoms with E-state index in [1.807, 2.05) is 0 Å². The lowest BCUT2D eigenvalue weighted by Gasteiger charge is -2.17. The first-order valence-electron chi connectivity index (χ1n) is 4.60. The minimum atomic E-state index is -0.923. The fourth-order valence-corrected chi connectivity index (χ4v) is 4.43. The molecule has 0 aliphatic heterocycles. The van der Waals surface area contributed by atoms with Crippen LogP contribution in [0.4, 0.5) is 0 Å². The molecule has 0 aliphatic carbocycles. The molecule has 7 heteroatoms. The topological polar surface area (TPSA) is 46.5 Å². The van der Waals surface area contributed by atoms with Crippen LogP contribution < -0.4 is 4.74 Å². The van der Waals surface area contributed by atoms with Crippen molar-refractivity contribution in [3.8, 4) is 5.75 Å². The first-order chi connectivity index (χ1) is 7.88.